The molecule has 0 aliphatic heterocycles. The van der Waals surface area contributed by atoms with Crippen molar-refractivity contribution in [1.82, 2.24) is 0 Å². The molecule has 2 aromatic carbocycles. The summed E-state index contributed by atoms with van der Waals surface area (Å²) in [4.78, 5) is 0. The molecule has 0 N–H and O–H groups in total. The van der Waals surface area contributed by atoms with Gasteiger partial charge in [-0.15, -0.1) is 0 Å². The van der Waals surface area contributed by atoms with E-state index in [2.05, 4.69) is 50.2 Å². The van der Waals surface area contributed by atoms with Gasteiger partial charge >= 0.3 is 0 Å². The van der Waals surface area contributed by atoms with E-state index in [0.717, 1.165) is 6.42 Å². The molecule has 0 saturated carbocycles. The monoisotopic (exact) mass is 224 g/mol. The van der Waals surface area contributed by atoms with Crippen LogP contribution < -0.4 is 0 Å². The lowest BCUT2D eigenvalue weighted by molar-refractivity contribution is 1.25. The van der Waals surface area contributed by atoms with Gasteiger partial charge in [0.1, 0.15) is 0 Å². The van der Waals surface area contributed by atoms with E-state index in [1.54, 1.807) is 0 Å². The number of aryl methyl sites for hydroxylation is 2. The molecule has 1 aliphatic carbocycles. The van der Waals surface area contributed by atoms with E-state index in [9.17, 15) is 0 Å². The topological polar surface area (TPSA) is 0 Å². The number of benzene rings is 2. The molecule has 0 heterocycles. The summed E-state index contributed by atoms with van der Waals surface area (Å²) in [6, 6.07) is 13.6. The number of fused-ring (bicyclic) bond motifs is 3. The normalized spacial score (nSPS) is 11.3. The molecule has 0 atom stereocenters. The molecule has 0 nitrogen and oxygen atoms in total. The Morgan fingerprint density at radius 1 is 0.706 bits per heavy atom. The minimum Gasteiger partial charge on any atom is -0.0683 e. The van der Waals surface area contributed by atoms with Crippen molar-refractivity contribution in [3.63, 3.8) is 0 Å². The Labute approximate surface area is 104 Å². The van der Waals surface area contributed by atoms with Crippen LogP contribution in [0.25, 0.3) is 11.1 Å². The molecule has 2 aromatic rings. The highest BCUT2D eigenvalue weighted by atomic mass is 14.2. The Kier molecular flexibility index (Phi) is 3.33. The van der Waals surface area contributed by atoms with Gasteiger partial charge < -0.3 is 0 Å². The summed E-state index contributed by atoms with van der Waals surface area (Å²) >= 11 is 0. The summed E-state index contributed by atoms with van der Waals surface area (Å²) in [5.74, 6) is 0. The average Bonchev–Trinajstić information content (AvgIpc) is 2.69. The lowest BCUT2D eigenvalue weighted by Gasteiger charge is -2.03. The first-order chi connectivity index (χ1) is 8.24. The predicted octanol–water partition coefficient (Wildman–Crippen LogP) is 4.90. The number of hydrogen-bond acceptors (Lipinski definition) is 0. The predicted molar refractivity (Wildman–Crippen MR) is 75.5 cm³/mol. The molecule has 0 amide bonds. The summed E-state index contributed by atoms with van der Waals surface area (Å²) < 4.78 is 0. The van der Waals surface area contributed by atoms with E-state index in [1.807, 2.05) is 13.8 Å². The van der Waals surface area contributed by atoms with Crippen molar-refractivity contribution in [3.8, 4) is 11.1 Å². The average molecular weight is 224 g/mol. The fraction of sp³-hybridized carbons (Fsp3) is 0.294. The zero-order valence-corrected chi connectivity index (χ0v) is 11.2. The van der Waals surface area contributed by atoms with Crippen molar-refractivity contribution in [2.75, 3.05) is 0 Å². The fourth-order valence-electron chi connectivity index (χ4n) is 2.40. The highest BCUT2D eigenvalue weighted by molar-refractivity contribution is 5.77. The summed E-state index contributed by atoms with van der Waals surface area (Å²) in [6.07, 6.45) is 1.10. The molecule has 0 spiro atoms. The van der Waals surface area contributed by atoms with E-state index in [4.69, 9.17) is 0 Å². The van der Waals surface area contributed by atoms with E-state index < -0.39 is 0 Å². The van der Waals surface area contributed by atoms with Gasteiger partial charge in [-0.2, -0.15) is 0 Å². The summed E-state index contributed by atoms with van der Waals surface area (Å²) in [5.41, 5.74) is 8.52. The molecule has 0 fully saturated rings. The second kappa shape index (κ2) is 4.75. The minimum atomic E-state index is 1.10. The molecule has 17 heavy (non-hydrogen) atoms. The first-order valence-electron chi connectivity index (χ1n) is 6.43. The standard InChI is InChI=1S/C15H14.C2H6/c1-10-3-5-12-9-13-6-4-11(2)8-15(13)14(12)7-10;1-2/h3-8H,9H2,1-2H3;1-2H3. The Morgan fingerprint density at radius 3 is 1.53 bits per heavy atom. The van der Waals surface area contributed by atoms with Crippen LogP contribution in [0.15, 0.2) is 36.4 Å². The molecule has 1 aliphatic rings. The van der Waals surface area contributed by atoms with Crippen LogP contribution in [-0.2, 0) is 6.42 Å². The molecule has 88 valence electrons. The molecule has 0 bridgehead atoms. The largest absolute Gasteiger partial charge is 0.0683 e. The third-order valence-corrected chi connectivity index (χ3v) is 3.20. The third-order valence-electron chi connectivity index (χ3n) is 3.20. The van der Waals surface area contributed by atoms with Gasteiger partial charge in [0.15, 0.2) is 0 Å². The smallest absolute Gasteiger partial charge is 0.00134 e. The molecular formula is C17H20. The van der Waals surface area contributed by atoms with E-state index in [-0.39, 0.29) is 0 Å². The summed E-state index contributed by atoms with van der Waals surface area (Å²) in [7, 11) is 0. The van der Waals surface area contributed by atoms with Crippen molar-refractivity contribution >= 4 is 0 Å². The second-order valence-corrected chi connectivity index (χ2v) is 4.50. The Hall–Kier alpha value is -1.56. The van der Waals surface area contributed by atoms with Gasteiger partial charge in [-0.3, -0.25) is 0 Å². The molecular weight excluding hydrogens is 204 g/mol. The van der Waals surface area contributed by atoms with Crippen molar-refractivity contribution in [2.24, 2.45) is 0 Å². The third kappa shape index (κ3) is 2.12. The van der Waals surface area contributed by atoms with Gasteiger partial charge in [0.2, 0.25) is 0 Å². The highest BCUT2D eigenvalue weighted by Gasteiger charge is 2.17. The molecule has 0 aromatic heterocycles. The minimum absolute atomic E-state index is 1.10. The van der Waals surface area contributed by atoms with Crippen LogP contribution in [0.2, 0.25) is 0 Å². The first kappa shape index (κ1) is 11.9. The van der Waals surface area contributed by atoms with Gasteiger partial charge in [-0.25, -0.2) is 0 Å². The highest BCUT2D eigenvalue weighted by Crippen LogP contribution is 2.37. The molecule has 0 unspecified atom stereocenters. The quantitative estimate of drug-likeness (QED) is 0.509. The molecule has 0 radical (unpaired) electrons. The van der Waals surface area contributed by atoms with Crippen LogP contribution in [0.5, 0.6) is 0 Å². The van der Waals surface area contributed by atoms with Crippen molar-refractivity contribution in [2.45, 2.75) is 34.1 Å². The van der Waals surface area contributed by atoms with Gasteiger partial charge in [0.05, 0.1) is 0 Å². The Bertz CT molecular complexity index is 486. The number of rotatable bonds is 0. The van der Waals surface area contributed by atoms with Gasteiger partial charge in [-0.1, -0.05) is 61.4 Å². The Balaban J connectivity index is 0.000000514. The molecule has 0 heteroatoms. The molecule has 0 saturated heterocycles. The lowest BCUT2D eigenvalue weighted by atomic mass is 10.0. The second-order valence-electron chi connectivity index (χ2n) is 4.50. The SMILES string of the molecule is CC.Cc1ccc2c(c1)-c1cc(C)ccc1C2. The molecule has 3 rings (SSSR count). The van der Waals surface area contributed by atoms with Gasteiger partial charge in [-0.05, 0) is 42.5 Å². The summed E-state index contributed by atoms with van der Waals surface area (Å²) in [5, 5.41) is 0. The van der Waals surface area contributed by atoms with Crippen molar-refractivity contribution in [3.05, 3.63) is 58.7 Å². The van der Waals surface area contributed by atoms with E-state index in [0.29, 0.717) is 0 Å². The lowest BCUT2D eigenvalue weighted by Crippen LogP contribution is -1.80. The van der Waals surface area contributed by atoms with Crippen LogP contribution in [0.1, 0.15) is 36.1 Å². The van der Waals surface area contributed by atoms with Crippen LogP contribution in [0.4, 0.5) is 0 Å². The first-order valence-corrected chi connectivity index (χ1v) is 6.43. The van der Waals surface area contributed by atoms with E-state index >= 15 is 0 Å². The van der Waals surface area contributed by atoms with Crippen LogP contribution >= 0.6 is 0 Å². The van der Waals surface area contributed by atoms with Crippen LogP contribution in [-0.4, -0.2) is 0 Å². The van der Waals surface area contributed by atoms with Crippen molar-refractivity contribution in [1.29, 1.82) is 0 Å². The maximum atomic E-state index is 2.31. The van der Waals surface area contributed by atoms with Crippen LogP contribution in [0, 0.1) is 13.8 Å². The van der Waals surface area contributed by atoms with E-state index in [1.165, 1.54) is 33.4 Å². The zero-order valence-electron chi connectivity index (χ0n) is 11.2. The van der Waals surface area contributed by atoms with Crippen molar-refractivity contribution < 1.29 is 0 Å². The number of hydrogen-bond donors (Lipinski definition) is 0. The maximum Gasteiger partial charge on any atom is -0.00134 e. The fourth-order valence-corrected chi connectivity index (χ4v) is 2.40. The maximum absolute atomic E-state index is 2.31. The zero-order chi connectivity index (χ0) is 12.4. The Morgan fingerprint density at radius 2 is 1.12 bits per heavy atom. The summed E-state index contributed by atoms with van der Waals surface area (Å²) in [6.45, 7) is 8.32. The van der Waals surface area contributed by atoms with Gasteiger partial charge in [0.25, 0.3) is 0 Å². The van der Waals surface area contributed by atoms with Crippen LogP contribution in [0.3, 0.4) is 0 Å². The van der Waals surface area contributed by atoms with Gasteiger partial charge in [0, 0.05) is 0 Å².